The number of carboxylic acid groups (broad SMARTS) is 2. The lowest BCUT2D eigenvalue weighted by molar-refractivity contribution is -0.140. The summed E-state index contributed by atoms with van der Waals surface area (Å²) in [5.41, 5.74) is 11.0. The molecule has 6 nitrogen and oxygen atoms in total. The maximum Gasteiger partial charge on any atom is 0.324 e. The van der Waals surface area contributed by atoms with E-state index in [1.165, 1.54) is 0 Å². The third-order valence-corrected chi connectivity index (χ3v) is 2.70. The van der Waals surface area contributed by atoms with E-state index in [1.54, 1.807) is 0 Å². The Balaban J connectivity index is 0. The molecular weight excluding hydrogens is 236 g/mol. The summed E-state index contributed by atoms with van der Waals surface area (Å²) in [4.78, 5) is 20.3. The summed E-state index contributed by atoms with van der Waals surface area (Å²) in [5.74, 6) is -1.85. The fourth-order valence-electron chi connectivity index (χ4n) is 0.892. The van der Waals surface area contributed by atoms with Crippen molar-refractivity contribution in [2.75, 3.05) is 0 Å². The molecule has 0 rings (SSSR count). The van der Waals surface area contributed by atoms with Gasteiger partial charge in [0.25, 0.3) is 0 Å². The number of hydrogen-bond donors (Lipinski definition) is 4. The van der Waals surface area contributed by atoms with E-state index in [2.05, 4.69) is 6.58 Å². The lowest BCUT2D eigenvalue weighted by atomic mass is 10.0. The van der Waals surface area contributed by atoms with Crippen molar-refractivity contribution in [3.05, 3.63) is 12.2 Å². The first-order valence-corrected chi connectivity index (χ1v) is 5.83. The second-order valence-corrected chi connectivity index (χ2v) is 4.08. The Bertz CT molecular complexity index is 292. The van der Waals surface area contributed by atoms with Gasteiger partial charge in [-0.15, -0.1) is 0 Å². The third kappa shape index (κ3) is 7.81. The maximum atomic E-state index is 10.2. The Morgan fingerprint density at radius 1 is 1.17 bits per heavy atom. The summed E-state index contributed by atoms with van der Waals surface area (Å²) in [5, 5.41) is 16.7. The van der Waals surface area contributed by atoms with Crippen LogP contribution in [0.15, 0.2) is 12.2 Å². The summed E-state index contributed by atoms with van der Waals surface area (Å²) in [6.45, 7) is 9.07. The van der Waals surface area contributed by atoms with Crippen molar-refractivity contribution >= 4 is 11.9 Å². The number of carbonyl (C=O) groups is 2. The van der Waals surface area contributed by atoms with Gasteiger partial charge in [0.15, 0.2) is 0 Å². The first-order valence-electron chi connectivity index (χ1n) is 5.83. The van der Waals surface area contributed by atoms with E-state index in [-0.39, 0.29) is 5.92 Å². The Morgan fingerprint density at radius 3 is 1.72 bits per heavy atom. The van der Waals surface area contributed by atoms with E-state index in [4.69, 9.17) is 21.7 Å². The van der Waals surface area contributed by atoms with Crippen molar-refractivity contribution in [1.29, 1.82) is 0 Å². The van der Waals surface area contributed by atoms with Crippen LogP contribution in [0, 0.1) is 5.92 Å². The Hall–Kier alpha value is -1.40. The summed E-state index contributed by atoms with van der Waals surface area (Å²) >= 11 is 0. The van der Waals surface area contributed by atoms with Crippen molar-refractivity contribution in [3.63, 3.8) is 0 Å². The topological polar surface area (TPSA) is 127 Å². The van der Waals surface area contributed by atoms with Crippen LogP contribution in [0.3, 0.4) is 0 Å². The van der Waals surface area contributed by atoms with Gasteiger partial charge in [-0.2, -0.15) is 0 Å². The van der Waals surface area contributed by atoms with Gasteiger partial charge in [-0.25, -0.2) is 0 Å². The monoisotopic (exact) mass is 260 g/mol. The van der Waals surface area contributed by atoms with Crippen molar-refractivity contribution in [2.45, 2.75) is 45.7 Å². The van der Waals surface area contributed by atoms with Gasteiger partial charge < -0.3 is 21.7 Å². The number of aliphatic carboxylic acids is 2. The Labute approximate surface area is 108 Å². The fourth-order valence-corrected chi connectivity index (χ4v) is 0.892. The average molecular weight is 260 g/mol. The number of hydrogen-bond acceptors (Lipinski definition) is 4. The van der Waals surface area contributed by atoms with E-state index < -0.39 is 24.0 Å². The molecule has 0 spiro atoms. The highest BCUT2D eigenvalue weighted by Crippen LogP contribution is 2.04. The molecule has 0 amide bonds. The van der Waals surface area contributed by atoms with Crippen LogP contribution in [0.5, 0.6) is 0 Å². The number of rotatable bonds is 6. The van der Waals surface area contributed by atoms with Gasteiger partial charge in [-0.3, -0.25) is 9.59 Å². The highest BCUT2D eigenvalue weighted by molar-refractivity contribution is 5.76. The Morgan fingerprint density at radius 2 is 1.61 bits per heavy atom. The molecule has 0 bridgehead atoms. The van der Waals surface area contributed by atoms with Crippen molar-refractivity contribution in [2.24, 2.45) is 17.4 Å². The van der Waals surface area contributed by atoms with Gasteiger partial charge in [-0.05, 0) is 17.9 Å². The molecule has 0 aliphatic rings. The standard InChI is InChI=1S/C6H13NO2.C6H11NO2/c2*1-3-4(2)5(7)6(8)9/h4-5H,3,7H2,1-2H3,(H,8,9);5H,2-3,7H2,1H3,(H,8,9)/t4-,5-;5-/m00/s1. The van der Waals surface area contributed by atoms with Crippen molar-refractivity contribution in [3.8, 4) is 0 Å². The molecular formula is C12H24N2O4. The van der Waals surface area contributed by atoms with Crippen LogP contribution in [-0.4, -0.2) is 34.2 Å². The first kappa shape index (κ1) is 19.0. The smallest absolute Gasteiger partial charge is 0.324 e. The number of carboxylic acids is 2. The van der Waals surface area contributed by atoms with E-state index in [0.717, 1.165) is 6.42 Å². The zero-order valence-corrected chi connectivity index (χ0v) is 11.2. The van der Waals surface area contributed by atoms with Crippen LogP contribution >= 0.6 is 0 Å². The molecule has 0 aromatic rings. The van der Waals surface area contributed by atoms with E-state index in [1.807, 2.05) is 20.8 Å². The molecule has 0 aliphatic carbocycles. The van der Waals surface area contributed by atoms with Gasteiger partial charge >= 0.3 is 11.9 Å². The molecule has 0 aliphatic heterocycles. The molecule has 0 heterocycles. The van der Waals surface area contributed by atoms with Crippen LogP contribution in [0.4, 0.5) is 0 Å². The summed E-state index contributed by atoms with van der Waals surface area (Å²) < 4.78 is 0. The van der Waals surface area contributed by atoms with Crippen LogP contribution in [0.2, 0.25) is 0 Å². The zero-order valence-electron chi connectivity index (χ0n) is 11.2. The highest BCUT2D eigenvalue weighted by atomic mass is 16.4. The predicted octanol–water partition coefficient (Wildman–Crippen LogP) is 0.809. The van der Waals surface area contributed by atoms with Gasteiger partial charge in [0.1, 0.15) is 12.1 Å². The van der Waals surface area contributed by atoms with Gasteiger partial charge in [-0.1, -0.05) is 33.8 Å². The summed E-state index contributed by atoms with van der Waals surface area (Å²) in [6, 6.07) is -1.59. The van der Waals surface area contributed by atoms with Gasteiger partial charge in [0, 0.05) is 0 Å². The molecule has 0 aromatic carbocycles. The van der Waals surface area contributed by atoms with Gasteiger partial charge in [0.2, 0.25) is 0 Å². The minimum atomic E-state index is -1.01. The molecule has 6 N–H and O–H groups in total. The lowest BCUT2D eigenvalue weighted by Gasteiger charge is -2.11. The van der Waals surface area contributed by atoms with E-state index in [0.29, 0.717) is 12.0 Å². The second kappa shape index (κ2) is 9.61. The molecule has 0 saturated carbocycles. The SMILES string of the molecule is C=C(CC)[C@H](N)C(=O)O.CC[C@H](C)[C@H](N)C(=O)O. The third-order valence-electron chi connectivity index (χ3n) is 2.70. The fraction of sp³-hybridized carbons (Fsp3) is 0.667. The summed E-state index contributed by atoms with van der Waals surface area (Å²) in [6.07, 6.45) is 1.43. The molecule has 3 atom stereocenters. The van der Waals surface area contributed by atoms with Crippen LogP contribution < -0.4 is 11.5 Å². The molecule has 6 heteroatoms. The minimum Gasteiger partial charge on any atom is -0.480 e. The van der Waals surface area contributed by atoms with Gasteiger partial charge in [0.05, 0.1) is 0 Å². The quantitative estimate of drug-likeness (QED) is 0.523. The van der Waals surface area contributed by atoms with Crippen molar-refractivity contribution < 1.29 is 19.8 Å². The van der Waals surface area contributed by atoms with E-state index >= 15 is 0 Å². The second-order valence-electron chi connectivity index (χ2n) is 4.08. The first-order chi connectivity index (χ1) is 8.18. The molecule has 106 valence electrons. The summed E-state index contributed by atoms with van der Waals surface area (Å²) in [7, 11) is 0. The molecule has 0 aromatic heterocycles. The molecule has 0 saturated heterocycles. The minimum absolute atomic E-state index is 0.0718. The largest absolute Gasteiger partial charge is 0.480 e. The average Bonchev–Trinajstić information content (AvgIpc) is 2.35. The normalized spacial score (nSPS) is 14.7. The maximum absolute atomic E-state index is 10.2. The number of nitrogens with two attached hydrogens (primary N) is 2. The van der Waals surface area contributed by atoms with Crippen LogP contribution in [-0.2, 0) is 9.59 Å². The van der Waals surface area contributed by atoms with Crippen molar-refractivity contribution in [1.82, 2.24) is 0 Å². The molecule has 18 heavy (non-hydrogen) atoms. The highest BCUT2D eigenvalue weighted by Gasteiger charge is 2.17. The zero-order chi connectivity index (χ0) is 14.9. The Kier molecular flexibility index (Phi) is 10.1. The van der Waals surface area contributed by atoms with E-state index in [9.17, 15) is 9.59 Å². The van der Waals surface area contributed by atoms with Crippen LogP contribution in [0.1, 0.15) is 33.6 Å². The lowest BCUT2D eigenvalue weighted by Crippen LogP contribution is -2.36. The molecule has 0 unspecified atom stereocenters. The molecule has 0 fully saturated rings. The predicted molar refractivity (Wildman–Crippen MR) is 70.1 cm³/mol. The molecule has 0 radical (unpaired) electrons. The van der Waals surface area contributed by atoms with Crippen LogP contribution in [0.25, 0.3) is 0 Å².